The largest absolute Gasteiger partial charge is 0.435 e. The van der Waals surface area contributed by atoms with Crippen molar-refractivity contribution in [3.05, 3.63) is 82.9 Å². The van der Waals surface area contributed by atoms with E-state index in [2.05, 4.69) is 10.5 Å². The molecule has 0 aromatic heterocycles. The molecule has 0 aliphatic carbocycles. The number of nitrogens with one attached hydrogen (secondary N) is 1. The summed E-state index contributed by atoms with van der Waals surface area (Å²) in [7, 11) is 0. The molecule has 0 bridgehead atoms. The minimum atomic E-state index is -5.08. The summed E-state index contributed by atoms with van der Waals surface area (Å²) in [5.74, 6) is -0.426. The number of nitrogens with zero attached hydrogens (tertiary/aromatic N) is 1. The summed E-state index contributed by atoms with van der Waals surface area (Å²) < 4.78 is 82.5. The molecule has 1 aliphatic heterocycles. The standard InChI is InChI=1S/C25H20F6N2O3/c26-24(27,28)16-6-3-5-15(13-16)23(25(29,30)31)14-21(33-36-23)19-9-10-20(22(35)32-11-4-12-34)18-8-2-1-7-17(18)19/h1-3,5-10,13,34H,4,11-12,14H2,(H,32,35). The van der Waals surface area contributed by atoms with Crippen LogP contribution in [0.1, 0.15) is 39.9 Å². The summed E-state index contributed by atoms with van der Waals surface area (Å²) in [6.07, 6.45) is -10.4. The Bertz CT molecular complexity index is 1320. The molecule has 36 heavy (non-hydrogen) atoms. The first-order chi connectivity index (χ1) is 17.0. The highest BCUT2D eigenvalue weighted by molar-refractivity contribution is 6.16. The molecule has 0 saturated heterocycles. The van der Waals surface area contributed by atoms with Gasteiger partial charge in [0.2, 0.25) is 0 Å². The number of fused-ring (bicyclic) bond motifs is 1. The quantitative estimate of drug-likeness (QED) is 0.337. The predicted octanol–water partition coefficient (Wildman–Crippen LogP) is 5.55. The number of alkyl halides is 6. The smallest absolute Gasteiger partial charge is 0.396 e. The summed E-state index contributed by atoms with van der Waals surface area (Å²) in [5.41, 5.74) is -4.64. The molecule has 1 heterocycles. The second-order valence-electron chi connectivity index (χ2n) is 8.25. The van der Waals surface area contributed by atoms with Crippen LogP contribution >= 0.6 is 0 Å². The number of carbonyl (C=O) groups excluding carboxylic acids is 1. The van der Waals surface area contributed by atoms with Gasteiger partial charge in [0.25, 0.3) is 11.5 Å². The van der Waals surface area contributed by atoms with Crippen LogP contribution in [0.15, 0.2) is 65.8 Å². The number of amides is 1. The molecule has 0 radical (unpaired) electrons. The number of hydrogen-bond acceptors (Lipinski definition) is 4. The monoisotopic (exact) mass is 510 g/mol. The molecule has 0 fully saturated rings. The van der Waals surface area contributed by atoms with Crippen molar-refractivity contribution in [1.29, 1.82) is 0 Å². The molecule has 5 nitrogen and oxygen atoms in total. The van der Waals surface area contributed by atoms with Crippen LogP contribution in [0.5, 0.6) is 0 Å². The molecule has 0 saturated carbocycles. The van der Waals surface area contributed by atoms with Crippen LogP contribution in [0.4, 0.5) is 26.3 Å². The predicted molar refractivity (Wildman–Crippen MR) is 119 cm³/mol. The SMILES string of the molecule is O=C(NCCCO)c1ccc(C2=NOC(c3cccc(C(F)(F)F)c3)(C(F)(F)F)C2)c2ccccc12. The number of carbonyl (C=O) groups is 1. The molecule has 3 aromatic rings. The van der Waals surface area contributed by atoms with E-state index in [1.54, 1.807) is 24.3 Å². The van der Waals surface area contributed by atoms with E-state index in [4.69, 9.17) is 9.94 Å². The van der Waals surface area contributed by atoms with Gasteiger partial charge in [-0.2, -0.15) is 26.3 Å². The van der Waals surface area contributed by atoms with E-state index in [0.29, 0.717) is 29.3 Å². The molecule has 0 spiro atoms. The fraction of sp³-hybridized carbons (Fsp3) is 0.280. The molecule has 1 aliphatic rings. The van der Waals surface area contributed by atoms with Gasteiger partial charge in [-0.25, -0.2) is 0 Å². The van der Waals surface area contributed by atoms with E-state index in [1.807, 2.05) is 0 Å². The second kappa shape index (κ2) is 9.45. The molecule has 4 rings (SSSR count). The van der Waals surface area contributed by atoms with Crippen molar-refractivity contribution in [2.45, 2.75) is 30.8 Å². The number of aliphatic hydroxyl groups is 1. The zero-order chi connectivity index (χ0) is 26.1. The Morgan fingerprint density at radius 2 is 1.72 bits per heavy atom. The van der Waals surface area contributed by atoms with Gasteiger partial charge in [-0.15, -0.1) is 0 Å². The fourth-order valence-electron chi connectivity index (χ4n) is 4.12. The van der Waals surface area contributed by atoms with Crippen molar-refractivity contribution in [2.75, 3.05) is 13.2 Å². The van der Waals surface area contributed by atoms with Gasteiger partial charge in [0.15, 0.2) is 0 Å². The summed E-state index contributed by atoms with van der Waals surface area (Å²) in [6, 6.07) is 12.3. The second-order valence-corrected chi connectivity index (χ2v) is 8.25. The van der Waals surface area contributed by atoms with Crippen LogP contribution in [0.2, 0.25) is 0 Å². The van der Waals surface area contributed by atoms with Gasteiger partial charge < -0.3 is 15.3 Å². The highest BCUT2D eigenvalue weighted by Crippen LogP contribution is 2.50. The van der Waals surface area contributed by atoms with E-state index in [-0.39, 0.29) is 30.0 Å². The molecule has 11 heteroatoms. The van der Waals surface area contributed by atoms with Gasteiger partial charge in [0.1, 0.15) is 0 Å². The third-order valence-corrected chi connectivity index (χ3v) is 5.94. The van der Waals surface area contributed by atoms with Crippen LogP contribution in [0.25, 0.3) is 10.8 Å². The van der Waals surface area contributed by atoms with Crippen LogP contribution in [-0.4, -0.2) is 36.1 Å². The van der Waals surface area contributed by atoms with Gasteiger partial charge in [0, 0.05) is 36.3 Å². The van der Waals surface area contributed by atoms with E-state index in [9.17, 15) is 31.1 Å². The zero-order valence-electron chi connectivity index (χ0n) is 18.6. The number of halogens is 6. The molecular weight excluding hydrogens is 490 g/mol. The summed E-state index contributed by atoms with van der Waals surface area (Å²) in [5, 5.41) is 16.1. The average Bonchev–Trinajstić information content (AvgIpc) is 3.30. The highest BCUT2D eigenvalue weighted by Gasteiger charge is 2.62. The van der Waals surface area contributed by atoms with Crippen molar-refractivity contribution in [3.8, 4) is 0 Å². The third-order valence-electron chi connectivity index (χ3n) is 5.94. The lowest BCUT2D eigenvalue weighted by molar-refractivity contribution is -0.276. The summed E-state index contributed by atoms with van der Waals surface area (Å²) in [4.78, 5) is 17.5. The van der Waals surface area contributed by atoms with Crippen molar-refractivity contribution in [2.24, 2.45) is 5.16 Å². The van der Waals surface area contributed by atoms with Gasteiger partial charge in [-0.3, -0.25) is 4.79 Å². The van der Waals surface area contributed by atoms with Gasteiger partial charge in [0.05, 0.1) is 11.3 Å². The Labute approximate surface area is 201 Å². The first kappa shape index (κ1) is 25.5. The van der Waals surface area contributed by atoms with E-state index in [1.165, 1.54) is 12.1 Å². The normalized spacial score (nSPS) is 18.1. The van der Waals surface area contributed by atoms with Crippen LogP contribution < -0.4 is 5.32 Å². The molecular formula is C25H20F6N2O3. The van der Waals surface area contributed by atoms with E-state index in [0.717, 1.165) is 12.1 Å². The minimum absolute atomic E-state index is 0.105. The Hall–Kier alpha value is -3.60. The van der Waals surface area contributed by atoms with Gasteiger partial charge in [-0.05, 0) is 35.4 Å². The van der Waals surface area contributed by atoms with Crippen molar-refractivity contribution < 1.29 is 41.1 Å². The molecule has 1 atom stereocenters. The maximum atomic E-state index is 14.3. The molecule has 1 unspecified atom stereocenters. The Balaban J connectivity index is 1.74. The van der Waals surface area contributed by atoms with Gasteiger partial charge in [-0.1, -0.05) is 47.6 Å². The number of aliphatic hydroxyl groups excluding tert-OH is 1. The minimum Gasteiger partial charge on any atom is -0.396 e. The van der Waals surface area contributed by atoms with Crippen LogP contribution in [-0.2, 0) is 16.6 Å². The van der Waals surface area contributed by atoms with Crippen molar-refractivity contribution in [1.82, 2.24) is 5.32 Å². The Morgan fingerprint density at radius 3 is 2.39 bits per heavy atom. The van der Waals surface area contributed by atoms with E-state index >= 15 is 0 Å². The topological polar surface area (TPSA) is 70.9 Å². The molecule has 190 valence electrons. The fourth-order valence-corrected chi connectivity index (χ4v) is 4.12. The Kier molecular flexibility index (Phi) is 6.70. The lowest BCUT2D eigenvalue weighted by atomic mass is 9.84. The number of benzene rings is 3. The first-order valence-electron chi connectivity index (χ1n) is 10.9. The van der Waals surface area contributed by atoms with Gasteiger partial charge >= 0.3 is 12.4 Å². The first-order valence-corrected chi connectivity index (χ1v) is 10.9. The van der Waals surface area contributed by atoms with Crippen molar-refractivity contribution >= 4 is 22.4 Å². The summed E-state index contributed by atoms with van der Waals surface area (Å²) in [6.45, 7) is 0.129. The maximum Gasteiger partial charge on any atom is 0.435 e. The van der Waals surface area contributed by atoms with Crippen LogP contribution in [0, 0.1) is 0 Å². The number of oxime groups is 1. The maximum absolute atomic E-state index is 14.3. The lowest BCUT2D eigenvalue weighted by Gasteiger charge is -2.30. The van der Waals surface area contributed by atoms with E-state index < -0.39 is 41.4 Å². The average molecular weight is 510 g/mol. The highest BCUT2D eigenvalue weighted by atomic mass is 19.4. The van der Waals surface area contributed by atoms with Crippen molar-refractivity contribution in [3.63, 3.8) is 0 Å². The molecule has 1 amide bonds. The zero-order valence-corrected chi connectivity index (χ0v) is 18.6. The lowest BCUT2D eigenvalue weighted by Crippen LogP contribution is -2.42. The van der Waals surface area contributed by atoms with Crippen LogP contribution in [0.3, 0.4) is 0 Å². The summed E-state index contributed by atoms with van der Waals surface area (Å²) >= 11 is 0. The number of rotatable bonds is 6. The Morgan fingerprint density at radius 1 is 1.00 bits per heavy atom. The molecule has 2 N–H and O–H groups in total. The number of hydrogen-bond donors (Lipinski definition) is 2. The molecule has 3 aromatic carbocycles. The third kappa shape index (κ3) is 4.62.